The van der Waals surface area contributed by atoms with Gasteiger partial charge in [0, 0.05) is 5.56 Å². The minimum absolute atomic E-state index is 0.137. The van der Waals surface area contributed by atoms with E-state index in [1.807, 2.05) is 36.4 Å². The van der Waals surface area contributed by atoms with Crippen LogP contribution in [-0.4, -0.2) is 20.2 Å². The van der Waals surface area contributed by atoms with E-state index in [2.05, 4.69) is 26.8 Å². The Labute approximate surface area is 230 Å². The van der Waals surface area contributed by atoms with Gasteiger partial charge in [0.1, 0.15) is 23.9 Å². The third kappa shape index (κ3) is 6.68. The first-order valence-electron chi connectivity index (χ1n) is 13.0. The van der Waals surface area contributed by atoms with E-state index < -0.39 is 0 Å². The van der Waals surface area contributed by atoms with Gasteiger partial charge in [-0.1, -0.05) is 51.1 Å². The van der Waals surface area contributed by atoms with Gasteiger partial charge in [-0.15, -0.1) is 11.6 Å². The topological polar surface area (TPSA) is 44.8 Å². The molecule has 4 nitrogen and oxygen atoms in total. The summed E-state index contributed by atoms with van der Waals surface area (Å²) in [7, 11) is 2.99. The second-order valence-corrected chi connectivity index (χ2v) is 11.5. The number of carbonyl (C=O) groups is 1. The van der Waals surface area contributed by atoms with E-state index in [9.17, 15) is 9.18 Å². The molecule has 1 aliphatic carbocycles. The van der Waals surface area contributed by atoms with Crippen molar-refractivity contribution < 1.29 is 23.4 Å². The van der Waals surface area contributed by atoms with Gasteiger partial charge in [-0.2, -0.15) is 0 Å². The molecular weight excluding hydrogens is 503 g/mol. The summed E-state index contributed by atoms with van der Waals surface area (Å²) in [5.41, 5.74) is 3.79. The van der Waals surface area contributed by atoms with Gasteiger partial charge in [0.15, 0.2) is 0 Å². The normalized spacial score (nSPS) is 15.0. The molecular formula is C32H36ClFO4. The number of hydrogen-bond acceptors (Lipinski definition) is 4. The molecule has 3 aromatic carbocycles. The molecule has 4 rings (SSSR count). The molecule has 0 spiro atoms. The zero-order valence-corrected chi connectivity index (χ0v) is 23.5. The molecule has 202 valence electrons. The van der Waals surface area contributed by atoms with E-state index >= 15 is 0 Å². The average molecular weight is 539 g/mol. The maximum absolute atomic E-state index is 14.9. The van der Waals surface area contributed by atoms with Gasteiger partial charge in [-0.25, -0.2) is 4.39 Å². The van der Waals surface area contributed by atoms with Crippen molar-refractivity contribution >= 4 is 17.6 Å². The number of benzene rings is 3. The van der Waals surface area contributed by atoms with Crippen molar-refractivity contribution in [3.63, 3.8) is 0 Å². The van der Waals surface area contributed by atoms with Crippen LogP contribution in [-0.2, 0) is 16.1 Å². The molecule has 3 aromatic rings. The minimum atomic E-state index is -0.357. The summed E-state index contributed by atoms with van der Waals surface area (Å²) in [6.45, 7) is 6.52. The van der Waals surface area contributed by atoms with Crippen molar-refractivity contribution in [3.05, 3.63) is 83.2 Å². The largest absolute Gasteiger partial charge is 0.497 e. The second kappa shape index (κ2) is 11.8. The van der Waals surface area contributed by atoms with Crippen LogP contribution in [0.5, 0.6) is 11.5 Å². The highest BCUT2D eigenvalue weighted by Gasteiger charge is 2.34. The predicted molar refractivity (Wildman–Crippen MR) is 149 cm³/mol. The standard InChI is InChI=1S/C32H36ClFO4/c1-32(2,3)31(33)28-15-20(9-13-25(28)27-17-23(36-4)12-14-29(27)34)19-38-24-8-6-7-22(16-24)26(21-10-11-21)18-30(35)37-5/h6-9,12-17,21,26,31H,10-11,18-19H2,1-5H3. The number of hydrogen-bond donors (Lipinski definition) is 0. The Hall–Kier alpha value is -3.05. The summed E-state index contributed by atoms with van der Waals surface area (Å²) in [6.07, 6.45) is 2.63. The Bertz CT molecular complexity index is 1280. The zero-order chi connectivity index (χ0) is 27.4. The molecule has 0 saturated heterocycles. The zero-order valence-electron chi connectivity index (χ0n) is 22.7. The molecule has 1 aliphatic rings. The molecule has 0 aromatic heterocycles. The molecule has 1 saturated carbocycles. The van der Waals surface area contributed by atoms with Crippen LogP contribution in [0.15, 0.2) is 60.7 Å². The summed E-state index contributed by atoms with van der Waals surface area (Å²) in [4.78, 5) is 12.0. The molecule has 0 aliphatic heterocycles. The molecule has 0 bridgehead atoms. The van der Waals surface area contributed by atoms with Crippen LogP contribution in [0, 0.1) is 17.2 Å². The van der Waals surface area contributed by atoms with Crippen molar-refractivity contribution in [2.75, 3.05) is 14.2 Å². The van der Waals surface area contributed by atoms with Crippen LogP contribution < -0.4 is 9.47 Å². The molecule has 38 heavy (non-hydrogen) atoms. The number of ether oxygens (including phenoxy) is 3. The predicted octanol–water partition coefficient (Wildman–Crippen LogP) is 8.46. The van der Waals surface area contributed by atoms with Crippen molar-refractivity contribution in [3.8, 4) is 22.6 Å². The van der Waals surface area contributed by atoms with E-state index in [1.165, 1.54) is 13.2 Å². The van der Waals surface area contributed by atoms with E-state index in [-0.39, 0.29) is 28.5 Å². The summed E-state index contributed by atoms with van der Waals surface area (Å²) in [5.74, 6) is 1.44. The summed E-state index contributed by atoms with van der Waals surface area (Å²) >= 11 is 6.96. The summed E-state index contributed by atoms with van der Waals surface area (Å²) < 4.78 is 31.4. The first-order valence-corrected chi connectivity index (χ1v) is 13.4. The van der Waals surface area contributed by atoms with Crippen molar-refractivity contribution in [2.24, 2.45) is 11.3 Å². The lowest BCUT2D eigenvalue weighted by Crippen LogP contribution is -2.15. The monoisotopic (exact) mass is 538 g/mol. The van der Waals surface area contributed by atoms with Crippen LogP contribution in [0.25, 0.3) is 11.1 Å². The fourth-order valence-electron chi connectivity index (χ4n) is 4.78. The van der Waals surface area contributed by atoms with Crippen LogP contribution >= 0.6 is 11.6 Å². The van der Waals surface area contributed by atoms with Crippen LogP contribution in [0.1, 0.15) is 68.0 Å². The average Bonchev–Trinajstić information content (AvgIpc) is 3.75. The number of methoxy groups -OCH3 is 2. The Kier molecular flexibility index (Phi) is 8.67. The van der Waals surface area contributed by atoms with E-state index in [0.29, 0.717) is 30.3 Å². The van der Waals surface area contributed by atoms with Crippen molar-refractivity contribution in [1.29, 1.82) is 0 Å². The summed E-state index contributed by atoms with van der Waals surface area (Å²) in [5, 5.41) is -0.357. The van der Waals surface area contributed by atoms with Gasteiger partial charge < -0.3 is 14.2 Å². The van der Waals surface area contributed by atoms with Gasteiger partial charge in [-0.05, 0) is 82.7 Å². The van der Waals surface area contributed by atoms with Gasteiger partial charge in [-0.3, -0.25) is 4.79 Å². The van der Waals surface area contributed by atoms with Crippen LogP contribution in [0.2, 0.25) is 0 Å². The molecule has 2 atom stereocenters. The van der Waals surface area contributed by atoms with Crippen molar-refractivity contribution in [2.45, 2.75) is 57.9 Å². The van der Waals surface area contributed by atoms with Crippen LogP contribution in [0.3, 0.4) is 0 Å². The fourth-order valence-corrected chi connectivity index (χ4v) is 4.96. The van der Waals surface area contributed by atoms with Gasteiger partial charge >= 0.3 is 5.97 Å². The Morgan fingerprint density at radius 1 is 1.00 bits per heavy atom. The first-order chi connectivity index (χ1) is 18.1. The highest BCUT2D eigenvalue weighted by atomic mass is 35.5. The van der Waals surface area contributed by atoms with Crippen LogP contribution in [0.4, 0.5) is 4.39 Å². The maximum atomic E-state index is 14.9. The third-order valence-electron chi connectivity index (χ3n) is 7.11. The highest BCUT2D eigenvalue weighted by Crippen LogP contribution is 2.46. The Balaban J connectivity index is 1.60. The third-order valence-corrected chi connectivity index (χ3v) is 8.00. The Morgan fingerprint density at radius 3 is 2.42 bits per heavy atom. The number of esters is 1. The summed E-state index contributed by atoms with van der Waals surface area (Å²) in [6, 6.07) is 18.5. The van der Waals surface area contributed by atoms with E-state index in [1.54, 1.807) is 19.2 Å². The van der Waals surface area contributed by atoms with Gasteiger partial charge in [0.25, 0.3) is 0 Å². The van der Waals surface area contributed by atoms with Gasteiger partial charge in [0.2, 0.25) is 0 Å². The molecule has 0 heterocycles. The number of halogens is 2. The van der Waals surface area contributed by atoms with Crippen molar-refractivity contribution in [1.82, 2.24) is 0 Å². The lowest BCUT2D eigenvalue weighted by Gasteiger charge is -2.28. The first kappa shape index (κ1) is 28.0. The number of carbonyl (C=O) groups excluding carboxylic acids is 1. The highest BCUT2D eigenvalue weighted by molar-refractivity contribution is 6.21. The lowest BCUT2D eigenvalue weighted by atomic mass is 9.83. The molecule has 6 heteroatoms. The van der Waals surface area contributed by atoms with Gasteiger partial charge in [0.05, 0.1) is 26.0 Å². The van der Waals surface area contributed by atoms with E-state index in [4.69, 9.17) is 25.8 Å². The molecule has 0 N–H and O–H groups in total. The number of rotatable bonds is 10. The fraction of sp³-hybridized carbons (Fsp3) is 0.406. The van der Waals surface area contributed by atoms with E-state index in [0.717, 1.165) is 40.8 Å². The lowest BCUT2D eigenvalue weighted by molar-refractivity contribution is -0.141. The smallest absolute Gasteiger partial charge is 0.306 e. The SMILES string of the molecule is COC(=O)CC(c1cccc(OCc2ccc(-c3cc(OC)ccc3F)c(C(Cl)C(C)(C)C)c2)c1)C1CC1. The maximum Gasteiger partial charge on any atom is 0.306 e. The molecule has 0 radical (unpaired) electrons. The molecule has 1 fully saturated rings. The number of alkyl halides is 1. The molecule has 2 unspecified atom stereocenters. The molecule has 0 amide bonds. The quantitative estimate of drug-likeness (QED) is 0.192. The second-order valence-electron chi connectivity index (χ2n) is 11.1. The minimum Gasteiger partial charge on any atom is -0.497 e. The Morgan fingerprint density at radius 2 is 1.76 bits per heavy atom.